The van der Waals surface area contributed by atoms with Gasteiger partial charge in [0.05, 0.1) is 49.9 Å². The van der Waals surface area contributed by atoms with E-state index < -0.39 is 0 Å². The molecule has 0 radical (unpaired) electrons. The van der Waals surface area contributed by atoms with Crippen molar-refractivity contribution in [3.63, 3.8) is 0 Å². The van der Waals surface area contributed by atoms with E-state index in [9.17, 15) is 4.79 Å². The van der Waals surface area contributed by atoms with Crippen LogP contribution in [0.5, 0.6) is 17.2 Å². The van der Waals surface area contributed by atoms with Gasteiger partial charge in [0, 0.05) is 13.2 Å². The van der Waals surface area contributed by atoms with E-state index in [0.717, 1.165) is 22.6 Å². The number of carbonyl (C=O) groups is 1. The minimum absolute atomic E-state index is 0.226. The van der Waals surface area contributed by atoms with E-state index in [1.807, 2.05) is 25.4 Å². The Morgan fingerprint density at radius 3 is 2.50 bits per heavy atom. The van der Waals surface area contributed by atoms with Crippen molar-refractivity contribution in [3.8, 4) is 17.2 Å². The molecule has 2 aromatic rings. The largest absolute Gasteiger partial charge is 0.493 e. The number of ether oxygens (including phenoxy) is 4. The minimum Gasteiger partial charge on any atom is -0.493 e. The Hall–Kier alpha value is -3.16. The van der Waals surface area contributed by atoms with Crippen molar-refractivity contribution in [2.75, 3.05) is 33.3 Å². The Labute approximate surface area is 150 Å². The lowest BCUT2D eigenvalue weighted by atomic mass is 9.84. The van der Waals surface area contributed by atoms with Crippen molar-refractivity contribution in [2.45, 2.75) is 5.92 Å². The fraction of sp³-hybridized carbons (Fsp3) is 0.333. The fourth-order valence-corrected chi connectivity index (χ4v) is 3.52. The number of esters is 1. The molecule has 0 bridgehead atoms. The zero-order valence-electron chi connectivity index (χ0n) is 15.0. The molecule has 1 aromatic heterocycles. The normalized spacial score (nSPS) is 18.0. The van der Waals surface area contributed by atoms with Crippen LogP contribution in [0.3, 0.4) is 0 Å². The maximum absolute atomic E-state index is 12.4. The van der Waals surface area contributed by atoms with Crippen LogP contribution >= 0.6 is 0 Å². The number of fused-ring (bicyclic) bond motifs is 1. The van der Waals surface area contributed by atoms with Gasteiger partial charge in [-0.15, -0.1) is 0 Å². The number of anilines is 1. The summed E-state index contributed by atoms with van der Waals surface area (Å²) in [7, 11) is 6.51. The molecule has 2 aliphatic rings. The molecule has 3 heterocycles. The summed E-state index contributed by atoms with van der Waals surface area (Å²) in [5.74, 6) is 0.809. The van der Waals surface area contributed by atoms with Gasteiger partial charge in [0.25, 0.3) is 0 Å². The van der Waals surface area contributed by atoms with Gasteiger partial charge in [-0.2, -0.15) is 5.10 Å². The highest BCUT2D eigenvalue weighted by molar-refractivity contribution is 5.97. The number of hydrogen-bond donors (Lipinski definition) is 1. The van der Waals surface area contributed by atoms with Crippen LogP contribution < -0.4 is 19.5 Å². The first-order valence-corrected chi connectivity index (χ1v) is 8.08. The van der Waals surface area contributed by atoms with E-state index >= 15 is 0 Å². The molecule has 2 aliphatic heterocycles. The number of cyclic esters (lactones) is 1. The third-order valence-electron chi connectivity index (χ3n) is 4.62. The summed E-state index contributed by atoms with van der Waals surface area (Å²) in [6.07, 6.45) is 1.88. The van der Waals surface area contributed by atoms with E-state index in [2.05, 4.69) is 10.4 Å². The number of aryl methyl sites for hydroxylation is 1. The molecule has 8 heteroatoms. The molecule has 4 rings (SSSR count). The molecule has 1 N–H and O–H groups in total. The summed E-state index contributed by atoms with van der Waals surface area (Å²) < 4.78 is 23.3. The second-order valence-corrected chi connectivity index (χ2v) is 6.09. The molecule has 136 valence electrons. The molecule has 1 aromatic carbocycles. The number of aromatic nitrogens is 2. The molecule has 0 unspecified atom stereocenters. The third kappa shape index (κ3) is 2.29. The number of benzene rings is 1. The van der Waals surface area contributed by atoms with Gasteiger partial charge in [0.2, 0.25) is 5.75 Å². The van der Waals surface area contributed by atoms with E-state index in [1.54, 1.807) is 26.0 Å². The zero-order valence-corrected chi connectivity index (χ0v) is 15.0. The summed E-state index contributed by atoms with van der Waals surface area (Å²) >= 11 is 0. The van der Waals surface area contributed by atoms with Crippen molar-refractivity contribution >= 4 is 11.7 Å². The standard InChI is InChI=1S/C18H19N3O5/c1-21-7-10-16(20-21)14(15-11(19-10)8-26-18(15)22)9-5-12(23-2)17(25-4)13(6-9)24-3/h5-7,14,19H,8H2,1-4H3/t14-/m0/s1. The Balaban J connectivity index is 1.94. The number of rotatable bonds is 4. The summed E-state index contributed by atoms with van der Waals surface area (Å²) in [6.45, 7) is 0.226. The molecular formula is C18H19N3O5. The number of hydrogen-bond acceptors (Lipinski definition) is 7. The monoisotopic (exact) mass is 357 g/mol. The topological polar surface area (TPSA) is 83.8 Å². The van der Waals surface area contributed by atoms with Gasteiger partial charge < -0.3 is 24.3 Å². The lowest BCUT2D eigenvalue weighted by molar-refractivity contribution is -0.136. The van der Waals surface area contributed by atoms with Crippen molar-refractivity contribution in [2.24, 2.45) is 7.05 Å². The van der Waals surface area contributed by atoms with Gasteiger partial charge in [-0.1, -0.05) is 0 Å². The molecule has 26 heavy (non-hydrogen) atoms. The van der Waals surface area contributed by atoms with Crippen molar-refractivity contribution in [3.05, 3.63) is 40.9 Å². The number of nitrogens with zero attached hydrogens (tertiary/aromatic N) is 2. The zero-order chi connectivity index (χ0) is 18.4. The maximum atomic E-state index is 12.4. The van der Waals surface area contributed by atoms with Crippen LogP contribution in [0.15, 0.2) is 29.6 Å². The SMILES string of the molecule is COc1cc([C@H]2C3=C(COC3=O)Nc3cn(C)nc32)cc(OC)c1OC. The molecule has 0 saturated heterocycles. The molecule has 0 aliphatic carbocycles. The van der Waals surface area contributed by atoms with E-state index in [4.69, 9.17) is 18.9 Å². The Bertz CT molecular complexity index is 906. The molecule has 0 saturated carbocycles. The van der Waals surface area contributed by atoms with Gasteiger partial charge in [0.15, 0.2) is 11.5 Å². The summed E-state index contributed by atoms with van der Waals surface area (Å²) in [5.41, 5.74) is 3.73. The molecule has 0 amide bonds. The highest BCUT2D eigenvalue weighted by Gasteiger charge is 2.40. The quantitative estimate of drug-likeness (QED) is 0.836. The van der Waals surface area contributed by atoms with E-state index in [-0.39, 0.29) is 18.5 Å². The van der Waals surface area contributed by atoms with Crippen LogP contribution in [-0.2, 0) is 16.6 Å². The second-order valence-electron chi connectivity index (χ2n) is 6.09. The van der Waals surface area contributed by atoms with Gasteiger partial charge in [-0.05, 0) is 17.7 Å². The maximum Gasteiger partial charge on any atom is 0.337 e. The van der Waals surface area contributed by atoms with Crippen LogP contribution in [-0.4, -0.2) is 43.7 Å². The lowest BCUT2D eigenvalue weighted by Crippen LogP contribution is -2.19. The number of nitrogens with one attached hydrogen (secondary N) is 1. The minimum atomic E-state index is -0.383. The van der Waals surface area contributed by atoms with Crippen molar-refractivity contribution < 1.29 is 23.7 Å². The lowest BCUT2D eigenvalue weighted by Gasteiger charge is -2.24. The number of methoxy groups -OCH3 is 3. The Morgan fingerprint density at radius 2 is 1.88 bits per heavy atom. The molecule has 0 spiro atoms. The predicted octanol–water partition coefficient (Wildman–Crippen LogP) is 1.81. The van der Waals surface area contributed by atoms with Crippen LogP contribution in [0.2, 0.25) is 0 Å². The second kappa shape index (κ2) is 5.98. The summed E-state index contributed by atoms with van der Waals surface area (Å²) in [6, 6.07) is 3.68. The van der Waals surface area contributed by atoms with Crippen LogP contribution in [0, 0.1) is 0 Å². The van der Waals surface area contributed by atoms with E-state index in [0.29, 0.717) is 22.8 Å². The highest BCUT2D eigenvalue weighted by Crippen LogP contribution is 2.47. The first-order valence-electron chi connectivity index (χ1n) is 8.08. The first kappa shape index (κ1) is 16.3. The van der Waals surface area contributed by atoms with Gasteiger partial charge in [0.1, 0.15) is 6.61 Å². The van der Waals surface area contributed by atoms with Crippen molar-refractivity contribution in [1.82, 2.24) is 9.78 Å². The number of carbonyl (C=O) groups excluding carboxylic acids is 1. The Morgan fingerprint density at radius 1 is 1.19 bits per heavy atom. The average molecular weight is 357 g/mol. The summed E-state index contributed by atoms with van der Waals surface area (Å²) in [4.78, 5) is 12.4. The van der Waals surface area contributed by atoms with Gasteiger partial charge >= 0.3 is 5.97 Å². The van der Waals surface area contributed by atoms with Gasteiger partial charge in [-0.3, -0.25) is 4.68 Å². The molecule has 8 nitrogen and oxygen atoms in total. The third-order valence-corrected chi connectivity index (χ3v) is 4.62. The van der Waals surface area contributed by atoms with Crippen LogP contribution in [0.4, 0.5) is 5.69 Å². The molecular weight excluding hydrogens is 338 g/mol. The van der Waals surface area contributed by atoms with Gasteiger partial charge in [-0.25, -0.2) is 4.79 Å². The van der Waals surface area contributed by atoms with Crippen LogP contribution in [0.25, 0.3) is 0 Å². The molecule has 1 atom stereocenters. The fourth-order valence-electron chi connectivity index (χ4n) is 3.52. The highest BCUT2D eigenvalue weighted by atomic mass is 16.5. The average Bonchev–Trinajstić information content (AvgIpc) is 3.20. The smallest absolute Gasteiger partial charge is 0.337 e. The van der Waals surface area contributed by atoms with Crippen LogP contribution in [0.1, 0.15) is 17.2 Å². The Kier molecular flexibility index (Phi) is 3.75. The molecule has 0 fully saturated rings. The predicted molar refractivity (Wildman–Crippen MR) is 92.8 cm³/mol. The first-order chi connectivity index (χ1) is 12.6. The van der Waals surface area contributed by atoms with Crippen molar-refractivity contribution in [1.29, 1.82) is 0 Å². The van der Waals surface area contributed by atoms with E-state index in [1.165, 1.54) is 0 Å². The summed E-state index contributed by atoms with van der Waals surface area (Å²) in [5, 5.41) is 7.81.